The van der Waals surface area contributed by atoms with E-state index in [9.17, 15) is 0 Å². The smallest absolute Gasteiger partial charge is 0.0886 e. The molecule has 2 heterocycles. The predicted molar refractivity (Wildman–Crippen MR) is 81.9 cm³/mol. The van der Waals surface area contributed by atoms with Crippen molar-refractivity contribution >= 4 is 0 Å². The molecule has 0 saturated carbocycles. The van der Waals surface area contributed by atoms with Gasteiger partial charge in [-0.25, -0.2) is 0 Å². The second-order valence-corrected chi connectivity index (χ2v) is 6.31. The first-order valence-electron chi connectivity index (χ1n) is 6.69. The van der Waals surface area contributed by atoms with Crippen molar-refractivity contribution in [1.82, 2.24) is 9.97 Å². The topological polar surface area (TPSA) is 77.8 Å². The Balaban J connectivity index is 2.29. The number of pyridine rings is 2. The van der Waals surface area contributed by atoms with Crippen molar-refractivity contribution in [3.8, 4) is 11.4 Å². The normalized spacial score (nSPS) is 12.5. The number of nitrogens with two attached hydrogens (primary N) is 2. The van der Waals surface area contributed by atoms with E-state index in [0.717, 1.165) is 22.5 Å². The van der Waals surface area contributed by atoms with E-state index < -0.39 is 0 Å². The zero-order valence-corrected chi connectivity index (χ0v) is 12.5. The monoisotopic (exact) mass is 270 g/mol. The lowest BCUT2D eigenvalue weighted by Gasteiger charge is -2.19. The highest BCUT2D eigenvalue weighted by Crippen LogP contribution is 2.22. The van der Waals surface area contributed by atoms with Gasteiger partial charge in [-0.1, -0.05) is 12.1 Å². The molecule has 0 aliphatic carbocycles. The standard InChI is InChI=1S/C16H22N4/c1-15(2,17)11-5-7-13(19-9-11)14-8-6-12(10-20-14)16(3,4)18/h5-10H,17-18H2,1-4H3. The molecule has 0 spiro atoms. The van der Waals surface area contributed by atoms with Gasteiger partial charge in [0, 0.05) is 23.5 Å². The zero-order chi connectivity index (χ0) is 15.0. The first-order valence-corrected chi connectivity index (χ1v) is 6.69. The van der Waals surface area contributed by atoms with E-state index in [2.05, 4.69) is 9.97 Å². The number of nitrogens with zero attached hydrogens (tertiary/aromatic N) is 2. The van der Waals surface area contributed by atoms with Gasteiger partial charge in [0.15, 0.2) is 0 Å². The molecule has 4 heteroatoms. The van der Waals surface area contributed by atoms with Crippen LogP contribution < -0.4 is 11.5 Å². The average Bonchev–Trinajstić information content (AvgIpc) is 2.37. The molecule has 4 N–H and O–H groups in total. The molecule has 2 rings (SSSR count). The minimum absolute atomic E-state index is 0.383. The van der Waals surface area contributed by atoms with Crippen LogP contribution in [0.15, 0.2) is 36.7 Å². The maximum atomic E-state index is 6.04. The Morgan fingerprint density at radius 2 is 1.05 bits per heavy atom. The van der Waals surface area contributed by atoms with Crippen molar-refractivity contribution in [1.29, 1.82) is 0 Å². The van der Waals surface area contributed by atoms with Crippen LogP contribution in [0.3, 0.4) is 0 Å². The van der Waals surface area contributed by atoms with Crippen molar-refractivity contribution in [2.75, 3.05) is 0 Å². The number of aromatic nitrogens is 2. The van der Waals surface area contributed by atoms with E-state index in [0.29, 0.717) is 0 Å². The summed E-state index contributed by atoms with van der Waals surface area (Å²) < 4.78 is 0. The van der Waals surface area contributed by atoms with Gasteiger partial charge in [0.05, 0.1) is 11.4 Å². The highest BCUT2D eigenvalue weighted by atomic mass is 14.8. The lowest BCUT2D eigenvalue weighted by Crippen LogP contribution is -2.28. The molecule has 0 amide bonds. The molecule has 2 aromatic heterocycles. The largest absolute Gasteiger partial charge is 0.322 e. The summed E-state index contributed by atoms with van der Waals surface area (Å²) in [5.41, 5.74) is 15.0. The van der Waals surface area contributed by atoms with Gasteiger partial charge in [0.1, 0.15) is 0 Å². The van der Waals surface area contributed by atoms with Gasteiger partial charge in [-0.05, 0) is 51.0 Å². The van der Waals surface area contributed by atoms with Gasteiger partial charge < -0.3 is 11.5 Å². The van der Waals surface area contributed by atoms with E-state index in [4.69, 9.17) is 11.5 Å². The highest BCUT2D eigenvalue weighted by Gasteiger charge is 2.16. The Hall–Kier alpha value is -1.78. The van der Waals surface area contributed by atoms with Gasteiger partial charge in [0.2, 0.25) is 0 Å². The Bertz CT molecular complexity index is 516. The molecular formula is C16H22N4. The molecule has 0 radical (unpaired) electrons. The summed E-state index contributed by atoms with van der Waals surface area (Å²) in [6.45, 7) is 7.83. The van der Waals surface area contributed by atoms with Crippen molar-refractivity contribution in [2.45, 2.75) is 38.8 Å². The van der Waals surface area contributed by atoms with Crippen LogP contribution in [0.2, 0.25) is 0 Å². The van der Waals surface area contributed by atoms with Gasteiger partial charge in [-0.15, -0.1) is 0 Å². The van der Waals surface area contributed by atoms with Gasteiger partial charge >= 0.3 is 0 Å². The minimum Gasteiger partial charge on any atom is -0.322 e. The summed E-state index contributed by atoms with van der Waals surface area (Å²) in [5.74, 6) is 0. The molecule has 0 aromatic carbocycles. The van der Waals surface area contributed by atoms with E-state index in [-0.39, 0.29) is 11.1 Å². The predicted octanol–water partition coefficient (Wildman–Crippen LogP) is 2.53. The summed E-state index contributed by atoms with van der Waals surface area (Å²) in [7, 11) is 0. The summed E-state index contributed by atoms with van der Waals surface area (Å²) >= 11 is 0. The van der Waals surface area contributed by atoms with Crippen LogP contribution in [0.25, 0.3) is 11.4 Å². The maximum Gasteiger partial charge on any atom is 0.0886 e. The number of hydrogen-bond acceptors (Lipinski definition) is 4. The Morgan fingerprint density at radius 3 is 1.25 bits per heavy atom. The molecular weight excluding hydrogens is 248 g/mol. The van der Waals surface area contributed by atoms with Gasteiger partial charge in [-0.3, -0.25) is 9.97 Å². The third-order valence-corrected chi connectivity index (χ3v) is 3.28. The molecule has 0 fully saturated rings. The van der Waals surface area contributed by atoms with Crippen molar-refractivity contribution < 1.29 is 0 Å². The van der Waals surface area contributed by atoms with E-state index in [1.165, 1.54) is 0 Å². The molecule has 4 nitrogen and oxygen atoms in total. The highest BCUT2D eigenvalue weighted by molar-refractivity contribution is 5.54. The summed E-state index contributed by atoms with van der Waals surface area (Å²) in [5, 5.41) is 0. The molecule has 0 aliphatic rings. The van der Waals surface area contributed by atoms with E-state index in [1.807, 2.05) is 52.0 Å². The fourth-order valence-electron chi connectivity index (χ4n) is 1.85. The van der Waals surface area contributed by atoms with Crippen LogP contribution in [0.1, 0.15) is 38.8 Å². The van der Waals surface area contributed by atoms with Crippen LogP contribution in [0.4, 0.5) is 0 Å². The van der Waals surface area contributed by atoms with Crippen LogP contribution in [-0.2, 0) is 11.1 Å². The minimum atomic E-state index is -0.383. The van der Waals surface area contributed by atoms with Crippen molar-refractivity contribution in [2.24, 2.45) is 11.5 Å². The molecule has 20 heavy (non-hydrogen) atoms. The zero-order valence-electron chi connectivity index (χ0n) is 12.5. The molecule has 0 aliphatic heterocycles. The molecule has 106 valence electrons. The molecule has 0 saturated heterocycles. The third kappa shape index (κ3) is 3.21. The summed E-state index contributed by atoms with van der Waals surface area (Å²) in [6.07, 6.45) is 3.61. The quantitative estimate of drug-likeness (QED) is 0.898. The Labute approximate surface area is 120 Å². The SMILES string of the molecule is CC(C)(N)c1ccc(-c2ccc(C(C)(C)N)cn2)nc1. The van der Waals surface area contributed by atoms with Crippen molar-refractivity contribution in [3.63, 3.8) is 0 Å². The Kier molecular flexibility index (Phi) is 3.63. The maximum absolute atomic E-state index is 6.04. The van der Waals surface area contributed by atoms with E-state index >= 15 is 0 Å². The van der Waals surface area contributed by atoms with Crippen molar-refractivity contribution in [3.05, 3.63) is 47.8 Å². The van der Waals surface area contributed by atoms with Crippen LogP contribution in [0.5, 0.6) is 0 Å². The third-order valence-electron chi connectivity index (χ3n) is 3.28. The first kappa shape index (κ1) is 14.6. The summed E-state index contributed by atoms with van der Waals surface area (Å²) in [4.78, 5) is 8.87. The van der Waals surface area contributed by atoms with Gasteiger partial charge in [-0.2, -0.15) is 0 Å². The second kappa shape index (κ2) is 4.96. The lowest BCUT2D eigenvalue weighted by molar-refractivity contribution is 0.551. The van der Waals surface area contributed by atoms with Crippen LogP contribution in [-0.4, -0.2) is 9.97 Å². The number of rotatable bonds is 3. The summed E-state index contributed by atoms with van der Waals surface area (Å²) in [6, 6.07) is 7.87. The van der Waals surface area contributed by atoms with Crippen LogP contribution >= 0.6 is 0 Å². The lowest BCUT2D eigenvalue weighted by atomic mass is 9.96. The second-order valence-electron chi connectivity index (χ2n) is 6.31. The molecule has 0 atom stereocenters. The number of hydrogen-bond donors (Lipinski definition) is 2. The first-order chi connectivity index (χ1) is 9.18. The molecule has 0 bridgehead atoms. The average molecular weight is 270 g/mol. The van der Waals surface area contributed by atoms with Crippen LogP contribution in [0, 0.1) is 0 Å². The molecule has 2 aromatic rings. The fourth-order valence-corrected chi connectivity index (χ4v) is 1.85. The van der Waals surface area contributed by atoms with Gasteiger partial charge in [0.25, 0.3) is 0 Å². The fraction of sp³-hybridized carbons (Fsp3) is 0.375. The Morgan fingerprint density at radius 1 is 0.700 bits per heavy atom. The van der Waals surface area contributed by atoms with E-state index in [1.54, 1.807) is 12.4 Å². The molecule has 0 unspecified atom stereocenters.